The molecule has 1 aliphatic heterocycles. The number of nitrogens with zero attached hydrogens (tertiary/aromatic N) is 3. The van der Waals surface area contributed by atoms with Gasteiger partial charge in [-0.3, -0.25) is 9.78 Å². The number of hydrogen-bond donors (Lipinski definition) is 1. The molecule has 2 aromatic rings. The van der Waals surface area contributed by atoms with Gasteiger partial charge in [-0.25, -0.2) is 9.36 Å². The van der Waals surface area contributed by atoms with Gasteiger partial charge in [0.25, 0.3) is 5.56 Å². The van der Waals surface area contributed by atoms with Crippen LogP contribution in [0.2, 0.25) is 15.2 Å². The lowest BCUT2D eigenvalue weighted by Gasteiger charge is -2.11. The smallest absolute Gasteiger partial charge is 0.295 e. The van der Waals surface area contributed by atoms with Crippen LogP contribution in [0.25, 0.3) is 5.69 Å². The Morgan fingerprint density at radius 1 is 1.14 bits per heavy atom. The highest BCUT2D eigenvalue weighted by Crippen LogP contribution is 2.45. The number of fused-ring (bicyclic) bond motifs is 1. The molecule has 0 amide bonds. The van der Waals surface area contributed by atoms with E-state index in [1.165, 1.54) is 6.07 Å². The van der Waals surface area contributed by atoms with Crippen LogP contribution in [0, 0.1) is 5.82 Å². The summed E-state index contributed by atoms with van der Waals surface area (Å²) in [4.78, 5) is 25.9. The molecule has 0 aliphatic carbocycles. The molecule has 0 saturated heterocycles. The number of rotatable bonds is 1. The standard InChI is InChI=1S/C10H2Cl3FN4O2S/c11-2-1-3(12)7(6-5(2)16-21-17-6)18-9(19)4(14)8(13)15-10(18)20/h1H,(H,15,20). The summed E-state index contributed by atoms with van der Waals surface area (Å²) in [6.45, 7) is 0. The van der Waals surface area contributed by atoms with Crippen LogP contribution in [0.15, 0.2) is 24.4 Å². The van der Waals surface area contributed by atoms with E-state index in [1.54, 1.807) is 0 Å². The Bertz CT molecular complexity index is 978. The zero-order chi connectivity index (χ0) is 15.3. The highest BCUT2D eigenvalue weighted by molar-refractivity contribution is 7.58. The summed E-state index contributed by atoms with van der Waals surface area (Å²) in [5, 5.41) is -0.528. The minimum absolute atomic E-state index is 0.0467. The average molecular weight is 368 g/mol. The Morgan fingerprint density at radius 3 is 2.52 bits per heavy atom. The molecule has 21 heavy (non-hydrogen) atoms. The Labute approximate surface area is 134 Å². The van der Waals surface area contributed by atoms with Gasteiger partial charge in [0.15, 0.2) is 5.15 Å². The molecular weight excluding hydrogens is 366 g/mol. The van der Waals surface area contributed by atoms with Crippen molar-refractivity contribution in [1.82, 2.24) is 9.55 Å². The van der Waals surface area contributed by atoms with Crippen LogP contribution in [0.3, 0.4) is 0 Å². The van der Waals surface area contributed by atoms with Crippen molar-refractivity contribution < 1.29 is 4.39 Å². The zero-order valence-corrected chi connectivity index (χ0v) is 12.7. The van der Waals surface area contributed by atoms with Crippen molar-refractivity contribution >= 4 is 57.5 Å². The summed E-state index contributed by atoms with van der Waals surface area (Å²) in [6.07, 6.45) is 0. The fourth-order valence-corrected chi connectivity index (χ4v) is 3.12. The van der Waals surface area contributed by atoms with Crippen LogP contribution in [0.4, 0.5) is 15.8 Å². The highest BCUT2D eigenvalue weighted by Gasteiger charge is 2.24. The number of hydrogen-bond acceptors (Lipinski definition) is 4. The van der Waals surface area contributed by atoms with Crippen molar-refractivity contribution in [3.8, 4) is 5.69 Å². The van der Waals surface area contributed by atoms with Gasteiger partial charge in [-0.15, -0.1) is 0 Å². The van der Waals surface area contributed by atoms with Gasteiger partial charge >= 0.3 is 5.69 Å². The lowest BCUT2D eigenvalue weighted by molar-refractivity contribution is 0.584. The van der Waals surface area contributed by atoms with Crippen molar-refractivity contribution in [1.29, 1.82) is 0 Å². The zero-order valence-electron chi connectivity index (χ0n) is 9.66. The van der Waals surface area contributed by atoms with Crippen molar-refractivity contribution in [2.75, 3.05) is 0 Å². The van der Waals surface area contributed by atoms with E-state index in [0.717, 1.165) is 11.4 Å². The molecule has 1 aromatic heterocycles. The van der Waals surface area contributed by atoms with Crippen LogP contribution < -0.4 is 11.2 Å². The number of halogens is 4. The van der Waals surface area contributed by atoms with Gasteiger partial charge in [0.05, 0.1) is 21.4 Å². The molecule has 0 radical (unpaired) electrons. The molecule has 108 valence electrons. The molecular formula is C10H2Cl3FN4O2S. The molecule has 0 saturated carbocycles. The molecule has 0 spiro atoms. The summed E-state index contributed by atoms with van der Waals surface area (Å²) in [5.41, 5.74) is -1.94. The van der Waals surface area contributed by atoms with Crippen LogP contribution in [-0.2, 0) is 11.4 Å². The third kappa shape index (κ3) is 2.15. The highest BCUT2D eigenvalue weighted by atomic mass is 35.5. The molecule has 0 bridgehead atoms. The maximum absolute atomic E-state index is 13.7. The Morgan fingerprint density at radius 2 is 1.81 bits per heavy atom. The van der Waals surface area contributed by atoms with Crippen molar-refractivity contribution in [2.45, 2.75) is 0 Å². The minimum Gasteiger partial charge on any atom is -0.295 e. The van der Waals surface area contributed by atoms with Gasteiger partial charge in [-0.1, -0.05) is 34.8 Å². The first-order chi connectivity index (χ1) is 9.91. The Kier molecular flexibility index (Phi) is 3.48. The molecule has 1 aliphatic rings. The molecule has 1 N–H and O–H groups in total. The van der Waals surface area contributed by atoms with Crippen molar-refractivity contribution in [2.24, 2.45) is 8.73 Å². The van der Waals surface area contributed by atoms with Gasteiger partial charge in [0.2, 0.25) is 5.82 Å². The largest absolute Gasteiger partial charge is 0.334 e. The molecule has 11 heteroatoms. The second kappa shape index (κ2) is 5.06. The third-order valence-corrected chi connectivity index (χ3v) is 4.01. The minimum atomic E-state index is -1.31. The maximum atomic E-state index is 13.7. The van der Waals surface area contributed by atoms with E-state index in [4.69, 9.17) is 34.8 Å². The maximum Gasteiger partial charge on any atom is 0.334 e. The van der Waals surface area contributed by atoms with E-state index in [0.29, 0.717) is 4.57 Å². The average Bonchev–Trinajstić information content (AvgIpc) is 2.89. The molecule has 3 rings (SSSR count). The van der Waals surface area contributed by atoms with Crippen LogP contribution in [0.5, 0.6) is 0 Å². The Hall–Kier alpha value is -1.48. The summed E-state index contributed by atoms with van der Waals surface area (Å²) in [7, 11) is 0. The van der Waals surface area contributed by atoms with E-state index in [1.807, 2.05) is 4.98 Å². The van der Waals surface area contributed by atoms with Gasteiger partial charge in [-0.05, 0) is 6.07 Å². The second-order valence-corrected chi connectivity index (χ2v) is 5.57. The van der Waals surface area contributed by atoms with Crippen LogP contribution in [0.1, 0.15) is 0 Å². The molecule has 0 fully saturated rings. The quantitative estimate of drug-likeness (QED) is 0.669. The van der Waals surface area contributed by atoms with Crippen LogP contribution >= 0.6 is 34.8 Å². The SMILES string of the molecule is O=c1[nH]c(Cl)c(F)c(=O)n1-c1c(Cl)cc(Cl)c2c1N=S=N2. The normalized spacial score (nSPS) is 12.4. The molecule has 2 heterocycles. The van der Waals surface area contributed by atoms with E-state index in [-0.39, 0.29) is 27.1 Å². The van der Waals surface area contributed by atoms with Gasteiger partial charge in [0, 0.05) is 0 Å². The fraction of sp³-hybridized carbons (Fsp3) is 0. The molecule has 0 atom stereocenters. The number of benzene rings is 1. The number of nitrogens with one attached hydrogen (secondary N) is 1. The number of H-pyrrole nitrogens is 1. The van der Waals surface area contributed by atoms with Gasteiger partial charge in [-0.2, -0.15) is 13.1 Å². The van der Waals surface area contributed by atoms with Gasteiger partial charge in [0.1, 0.15) is 17.1 Å². The summed E-state index contributed by atoms with van der Waals surface area (Å²) in [6, 6.07) is 1.29. The Balaban J connectivity index is 2.48. The van der Waals surface area contributed by atoms with Crippen molar-refractivity contribution in [3.63, 3.8) is 0 Å². The number of aromatic amines is 1. The monoisotopic (exact) mass is 366 g/mol. The predicted octanol–water partition coefficient (Wildman–Crippen LogP) is 3.35. The van der Waals surface area contributed by atoms with E-state index >= 15 is 0 Å². The lowest BCUT2D eigenvalue weighted by Crippen LogP contribution is -2.36. The second-order valence-electron chi connectivity index (χ2n) is 3.85. The summed E-state index contributed by atoms with van der Waals surface area (Å²) >= 11 is 18.2. The third-order valence-electron chi connectivity index (χ3n) is 2.65. The van der Waals surface area contributed by atoms with E-state index in [9.17, 15) is 14.0 Å². The van der Waals surface area contributed by atoms with Crippen molar-refractivity contribution in [3.05, 3.63) is 47.9 Å². The van der Waals surface area contributed by atoms with E-state index in [2.05, 4.69) is 8.73 Å². The van der Waals surface area contributed by atoms with E-state index < -0.39 is 22.2 Å². The topological polar surface area (TPSA) is 79.6 Å². The molecule has 1 aromatic carbocycles. The lowest BCUT2D eigenvalue weighted by atomic mass is 10.2. The molecule has 0 unspecified atom stereocenters. The van der Waals surface area contributed by atoms with Gasteiger partial charge < -0.3 is 0 Å². The summed E-state index contributed by atoms with van der Waals surface area (Å²) in [5.74, 6) is -1.31. The number of aromatic nitrogens is 2. The first-order valence-electron chi connectivity index (χ1n) is 5.22. The first-order valence-corrected chi connectivity index (χ1v) is 7.09. The molecule has 6 nitrogen and oxygen atoms in total. The predicted molar refractivity (Wildman–Crippen MR) is 79.2 cm³/mol. The fourth-order valence-electron chi connectivity index (χ4n) is 1.77. The first kappa shape index (κ1) is 14.5. The summed E-state index contributed by atoms with van der Waals surface area (Å²) < 4.78 is 22.0. The van der Waals surface area contributed by atoms with Crippen LogP contribution in [-0.4, -0.2) is 9.55 Å².